The van der Waals surface area contributed by atoms with Crippen LogP contribution in [0.3, 0.4) is 0 Å². The van der Waals surface area contributed by atoms with Crippen LogP contribution in [0.2, 0.25) is 5.02 Å². The smallest absolute Gasteiger partial charge is 0.0406 e. The van der Waals surface area contributed by atoms with E-state index in [2.05, 4.69) is 22.3 Å². The standard InChI is InChI=1S/C16H23ClN2/c17-14-8-6-13(7-9-14)12-19(16-10-18-11-16)15-4-2-1-3-5-15/h6-9,15-16,18H,1-5,10-12H2. The number of hydrogen-bond donors (Lipinski definition) is 1. The molecule has 0 unspecified atom stereocenters. The molecule has 0 aromatic heterocycles. The Hall–Kier alpha value is -0.570. The largest absolute Gasteiger partial charge is 0.314 e. The zero-order valence-corrected chi connectivity index (χ0v) is 12.2. The maximum atomic E-state index is 5.97. The second kappa shape index (κ2) is 6.25. The van der Waals surface area contributed by atoms with Crippen LogP contribution in [-0.2, 0) is 6.54 Å². The predicted octanol–water partition coefficient (Wildman–Crippen LogP) is 3.45. The Kier molecular flexibility index (Phi) is 4.42. The van der Waals surface area contributed by atoms with E-state index in [0.29, 0.717) is 0 Å². The fraction of sp³-hybridized carbons (Fsp3) is 0.625. The van der Waals surface area contributed by atoms with E-state index in [1.54, 1.807) is 0 Å². The van der Waals surface area contributed by atoms with Gasteiger partial charge in [0.25, 0.3) is 0 Å². The summed E-state index contributed by atoms with van der Waals surface area (Å²) in [5.74, 6) is 0. The predicted molar refractivity (Wildman–Crippen MR) is 80.5 cm³/mol. The fourth-order valence-electron chi connectivity index (χ4n) is 3.28. The lowest BCUT2D eigenvalue weighted by Crippen LogP contribution is -2.59. The molecular formula is C16H23ClN2. The van der Waals surface area contributed by atoms with Crippen molar-refractivity contribution in [3.63, 3.8) is 0 Å². The molecule has 1 aromatic rings. The van der Waals surface area contributed by atoms with Crippen molar-refractivity contribution in [3.8, 4) is 0 Å². The van der Waals surface area contributed by atoms with E-state index >= 15 is 0 Å². The molecule has 1 aliphatic heterocycles. The Balaban J connectivity index is 1.69. The van der Waals surface area contributed by atoms with Gasteiger partial charge in [0.1, 0.15) is 0 Å². The van der Waals surface area contributed by atoms with Gasteiger partial charge in [-0.1, -0.05) is 43.0 Å². The first-order valence-electron chi connectivity index (χ1n) is 7.54. The summed E-state index contributed by atoms with van der Waals surface area (Å²) in [5.41, 5.74) is 1.39. The molecule has 0 radical (unpaired) electrons. The molecule has 1 saturated carbocycles. The zero-order valence-electron chi connectivity index (χ0n) is 11.4. The monoisotopic (exact) mass is 278 g/mol. The van der Waals surface area contributed by atoms with Crippen molar-refractivity contribution >= 4 is 11.6 Å². The highest BCUT2D eigenvalue weighted by molar-refractivity contribution is 6.30. The summed E-state index contributed by atoms with van der Waals surface area (Å²) in [6.45, 7) is 3.39. The van der Waals surface area contributed by atoms with Gasteiger partial charge >= 0.3 is 0 Å². The Labute approximate surface area is 121 Å². The molecule has 0 atom stereocenters. The Morgan fingerprint density at radius 1 is 1.00 bits per heavy atom. The van der Waals surface area contributed by atoms with E-state index in [-0.39, 0.29) is 0 Å². The van der Waals surface area contributed by atoms with Crippen LogP contribution in [0.1, 0.15) is 37.7 Å². The molecule has 2 fully saturated rings. The van der Waals surface area contributed by atoms with Crippen LogP contribution in [0.15, 0.2) is 24.3 Å². The highest BCUT2D eigenvalue weighted by atomic mass is 35.5. The summed E-state index contributed by atoms with van der Waals surface area (Å²) in [4.78, 5) is 2.74. The first-order chi connectivity index (χ1) is 9.33. The van der Waals surface area contributed by atoms with E-state index < -0.39 is 0 Å². The van der Waals surface area contributed by atoms with Crippen molar-refractivity contribution < 1.29 is 0 Å². The van der Waals surface area contributed by atoms with Gasteiger partial charge in [-0.25, -0.2) is 0 Å². The van der Waals surface area contributed by atoms with Crippen LogP contribution in [0.5, 0.6) is 0 Å². The lowest BCUT2D eigenvalue weighted by atomic mass is 9.91. The second-order valence-electron chi connectivity index (χ2n) is 5.90. The van der Waals surface area contributed by atoms with E-state index in [1.165, 1.54) is 37.7 Å². The van der Waals surface area contributed by atoms with Crippen molar-refractivity contribution in [3.05, 3.63) is 34.9 Å². The number of halogens is 1. The third-order valence-corrected chi connectivity index (χ3v) is 4.80. The van der Waals surface area contributed by atoms with Gasteiger partial charge in [-0.3, -0.25) is 4.90 Å². The summed E-state index contributed by atoms with van der Waals surface area (Å²) in [6.07, 6.45) is 6.99. The summed E-state index contributed by atoms with van der Waals surface area (Å²) in [5, 5.41) is 4.24. The molecule has 3 rings (SSSR count). The molecule has 1 N–H and O–H groups in total. The van der Waals surface area contributed by atoms with Crippen LogP contribution in [0, 0.1) is 0 Å². The molecule has 19 heavy (non-hydrogen) atoms. The Bertz CT molecular complexity index is 394. The van der Waals surface area contributed by atoms with Gasteiger partial charge in [-0.05, 0) is 30.5 Å². The van der Waals surface area contributed by atoms with Gasteiger partial charge < -0.3 is 5.32 Å². The quantitative estimate of drug-likeness (QED) is 0.908. The van der Waals surface area contributed by atoms with Crippen molar-refractivity contribution in [2.45, 2.75) is 50.7 Å². The number of nitrogens with one attached hydrogen (secondary N) is 1. The summed E-state index contributed by atoms with van der Waals surface area (Å²) in [7, 11) is 0. The topological polar surface area (TPSA) is 15.3 Å². The minimum Gasteiger partial charge on any atom is -0.314 e. The van der Waals surface area contributed by atoms with Gasteiger partial charge in [-0.2, -0.15) is 0 Å². The van der Waals surface area contributed by atoms with Crippen LogP contribution >= 0.6 is 11.6 Å². The van der Waals surface area contributed by atoms with Gasteiger partial charge in [0.05, 0.1) is 0 Å². The zero-order chi connectivity index (χ0) is 13.1. The molecule has 1 aliphatic carbocycles. The fourth-order valence-corrected chi connectivity index (χ4v) is 3.40. The van der Waals surface area contributed by atoms with Crippen molar-refractivity contribution in [2.75, 3.05) is 13.1 Å². The first kappa shape index (κ1) is 13.4. The minimum atomic E-state index is 0.735. The molecule has 2 nitrogen and oxygen atoms in total. The third-order valence-electron chi connectivity index (χ3n) is 4.55. The average Bonchev–Trinajstić information content (AvgIpc) is 2.39. The van der Waals surface area contributed by atoms with Crippen LogP contribution in [-0.4, -0.2) is 30.1 Å². The molecule has 1 saturated heterocycles. The molecule has 0 bridgehead atoms. The normalized spacial score (nSPS) is 21.6. The Morgan fingerprint density at radius 2 is 1.68 bits per heavy atom. The summed E-state index contributed by atoms with van der Waals surface area (Å²) < 4.78 is 0. The van der Waals surface area contributed by atoms with Crippen molar-refractivity contribution in [2.24, 2.45) is 0 Å². The second-order valence-corrected chi connectivity index (χ2v) is 6.34. The lowest BCUT2D eigenvalue weighted by molar-refractivity contribution is 0.0656. The highest BCUT2D eigenvalue weighted by Crippen LogP contribution is 2.27. The maximum Gasteiger partial charge on any atom is 0.0406 e. The molecule has 0 spiro atoms. The molecule has 1 heterocycles. The SMILES string of the molecule is Clc1ccc(CN(C2CCCCC2)C2CNC2)cc1. The summed E-state index contributed by atoms with van der Waals surface area (Å²) >= 11 is 5.97. The highest BCUT2D eigenvalue weighted by Gasteiger charge is 2.31. The van der Waals surface area contributed by atoms with Gasteiger partial charge in [-0.15, -0.1) is 0 Å². The van der Waals surface area contributed by atoms with Gasteiger partial charge in [0.15, 0.2) is 0 Å². The van der Waals surface area contributed by atoms with Crippen molar-refractivity contribution in [1.29, 1.82) is 0 Å². The number of benzene rings is 1. The van der Waals surface area contributed by atoms with E-state index in [0.717, 1.165) is 36.7 Å². The minimum absolute atomic E-state index is 0.735. The van der Waals surface area contributed by atoms with Crippen LogP contribution in [0.4, 0.5) is 0 Å². The van der Waals surface area contributed by atoms with E-state index in [1.807, 2.05) is 12.1 Å². The number of nitrogens with zero attached hydrogens (tertiary/aromatic N) is 1. The average molecular weight is 279 g/mol. The van der Waals surface area contributed by atoms with Gasteiger partial charge in [0, 0.05) is 36.7 Å². The van der Waals surface area contributed by atoms with Gasteiger partial charge in [0.2, 0.25) is 0 Å². The molecule has 1 aromatic carbocycles. The molecule has 2 aliphatic rings. The van der Waals surface area contributed by atoms with E-state index in [9.17, 15) is 0 Å². The summed E-state index contributed by atoms with van der Waals surface area (Å²) in [6, 6.07) is 9.88. The first-order valence-corrected chi connectivity index (χ1v) is 7.91. The maximum absolute atomic E-state index is 5.97. The molecule has 0 amide bonds. The third kappa shape index (κ3) is 3.31. The molecule has 3 heteroatoms. The number of rotatable bonds is 4. The Morgan fingerprint density at radius 3 is 2.26 bits per heavy atom. The van der Waals surface area contributed by atoms with Crippen LogP contribution < -0.4 is 5.32 Å². The van der Waals surface area contributed by atoms with Crippen molar-refractivity contribution in [1.82, 2.24) is 10.2 Å². The molecular weight excluding hydrogens is 256 g/mol. The van der Waals surface area contributed by atoms with E-state index in [4.69, 9.17) is 11.6 Å². The number of hydrogen-bond acceptors (Lipinski definition) is 2. The molecule has 104 valence electrons. The lowest BCUT2D eigenvalue weighted by Gasteiger charge is -2.44. The van der Waals surface area contributed by atoms with Crippen LogP contribution in [0.25, 0.3) is 0 Å².